The number of fused-ring (bicyclic) bond motifs is 1. The lowest BCUT2D eigenvalue weighted by Gasteiger charge is -2.10. The molecule has 3 rings (SSSR count). The lowest BCUT2D eigenvalue weighted by atomic mass is 10.1. The van der Waals surface area contributed by atoms with Gasteiger partial charge in [0.05, 0.1) is 6.42 Å². The highest BCUT2D eigenvalue weighted by Crippen LogP contribution is 2.29. The van der Waals surface area contributed by atoms with Crippen LogP contribution in [0.5, 0.6) is 0 Å². The van der Waals surface area contributed by atoms with Crippen molar-refractivity contribution in [3.05, 3.63) is 52.2 Å². The van der Waals surface area contributed by atoms with Crippen molar-refractivity contribution < 1.29 is 9.59 Å². The topological polar surface area (TPSA) is 49.4 Å². The predicted octanol–water partition coefficient (Wildman–Crippen LogP) is 2.92. The van der Waals surface area contributed by atoms with E-state index in [2.05, 4.69) is 5.32 Å². The summed E-state index contributed by atoms with van der Waals surface area (Å²) < 4.78 is 0. The third-order valence-corrected chi connectivity index (χ3v) is 4.20. The van der Waals surface area contributed by atoms with Gasteiger partial charge in [0.1, 0.15) is 0 Å². The first-order valence-electron chi connectivity index (χ1n) is 6.55. The first-order chi connectivity index (χ1) is 10.1. The monoisotopic (exact) mass is 298 g/mol. The van der Waals surface area contributed by atoms with Gasteiger partial charge in [-0.15, -0.1) is 11.3 Å². The van der Waals surface area contributed by atoms with Crippen molar-refractivity contribution in [1.29, 1.82) is 0 Å². The molecule has 0 spiro atoms. The van der Waals surface area contributed by atoms with Crippen molar-refractivity contribution in [2.24, 2.45) is 0 Å². The molecule has 0 radical (unpaired) electrons. The number of rotatable bonds is 3. The van der Waals surface area contributed by atoms with E-state index in [1.807, 2.05) is 35.7 Å². The van der Waals surface area contributed by atoms with Crippen LogP contribution in [0.3, 0.4) is 0 Å². The Morgan fingerprint density at radius 3 is 3.00 bits per heavy atom. The average molecular weight is 298 g/mol. The fraction of sp³-hybridized carbons (Fsp3) is 0.125. The molecule has 2 heterocycles. The zero-order valence-electron chi connectivity index (χ0n) is 11.5. The highest BCUT2D eigenvalue weighted by Gasteiger charge is 2.23. The van der Waals surface area contributed by atoms with Gasteiger partial charge in [-0.1, -0.05) is 6.07 Å². The maximum absolute atomic E-state index is 11.9. The Labute approximate surface area is 126 Å². The Hall–Kier alpha value is -2.40. The third-order valence-electron chi connectivity index (χ3n) is 3.37. The van der Waals surface area contributed by atoms with Gasteiger partial charge in [-0.3, -0.25) is 9.59 Å². The molecule has 0 unspecified atom stereocenters. The van der Waals surface area contributed by atoms with Crippen LogP contribution in [0.25, 0.3) is 6.08 Å². The highest BCUT2D eigenvalue weighted by atomic mass is 32.1. The van der Waals surface area contributed by atoms with Crippen LogP contribution in [0.4, 0.5) is 11.4 Å². The number of carbonyl (C=O) groups excluding carboxylic acids is 2. The maximum atomic E-state index is 11.9. The first kappa shape index (κ1) is 13.6. The first-order valence-corrected chi connectivity index (χ1v) is 7.43. The summed E-state index contributed by atoms with van der Waals surface area (Å²) in [7, 11) is 1.76. The van der Waals surface area contributed by atoms with Crippen LogP contribution in [0, 0.1) is 0 Å². The van der Waals surface area contributed by atoms with E-state index in [1.165, 1.54) is 6.08 Å². The van der Waals surface area contributed by atoms with Crippen LogP contribution >= 0.6 is 11.3 Å². The van der Waals surface area contributed by atoms with Gasteiger partial charge >= 0.3 is 0 Å². The molecular weight excluding hydrogens is 284 g/mol. The van der Waals surface area contributed by atoms with Crippen molar-refractivity contribution >= 4 is 40.6 Å². The zero-order valence-corrected chi connectivity index (χ0v) is 12.3. The number of benzene rings is 1. The second kappa shape index (κ2) is 5.54. The van der Waals surface area contributed by atoms with E-state index >= 15 is 0 Å². The standard InChI is InChI=1S/C16H14N2O2S/c1-18-14-6-4-12(9-11(14)10-16(18)20)17-15(19)7-5-13-3-2-8-21-13/h2-9H,10H2,1H3,(H,17,19)/b7-5+. The average Bonchev–Trinajstić information content (AvgIpc) is 3.06. The summed E-state index contributed by atoms with van der Waals surface area (Å²) in [6, 6.07) is 9.42. The Morgan fingerprint density at radius 1 is 1.38 bits per heavy atom. The fourth-order valence-corrected chi connectivity index (χ4v) is 2.89. The summed E-state index contributed by atoms with van der Waals surface area (Å²) in [5.41, 5.74) is 2.56. The van der Waals surface area contributed by atoms with E-state index in [0.29, 0.717) is 12.1 Å². The summed E-state index contributed by atoms with van der Waals surface area (Å²) in [5.74, 6) is -0.105. The third kappa shape index (κ3) is 2.87. The van der Waals surface area contributed by atoms with E-state index in [0.717, 1.165) is 16.1 Å². The van der Waals surface area contributed by atoms with Crippen molar-refractivity contribution in [2.75, 3.05) is 17.3 Å². The molecule has 5 heteroatoms. The number of nitrogens with one attached hydrogen (secondary N) is 1. The molecule has 0 bridgehead atoms. The van der Waals surface area contributed by atoms with Gasteiger partial charge in [0.15, 0.2) is 0 Å². The van der Waals surface area contributed by atoms with Crippen LogP contribution in [-0.2, 0) is 16.0 Å². The van der Waals surface area contributed by atoms with Crippen molar-refractivity contribution in [3.63, 3.8) is 0 Å². The largest absolute Gasteiger partial charge is 0.323 e. The summed E-state index contributed by atoms with van der Waals surface area (Å²) in [4.78, 5) is 26.2. The molecule has 2 aromatic rings. The maximum Gasteiger partial charge on any atom is 0.248 e. The number of likely N-dealkylation sites (N-methyl/N-ethyl adjacent to an activating group) is 1. The smallest absolute Gasteiger partial charge is 0.248 e. The number of thiophene rings is 1. The number of hydrogen-bond acceptors (Lipinski definition) is 3. The second-order valence-corrected chi connectivity index (χ2v) is 5.79. The molecule has 0 saturated carbocycles. The molecule has 21 heavy (non-hydrogen) atoms. The van der Waals surface area contributed by atoms with Gasteiger partial charge in [0, 0.05) is 29.4 Å². The van der Waals surface area contributed by atoms with E-state index in [-0.39, 0.29) is 11.8 Å². The molecule has 1 aromatic heterocycles. The number of amides is 2. The van der Waals surface area contributed by atoms with Crippen LogP contribution < -0.4 is 10.2 Å². The molecule has 4 nitrogen and oxygen atoms in total. The van der Waals surface area contributed by atoms with Gasteiger partial charge in [-0.25, -0.2) is 0 Å². The molecule has 2 amide bonds. The Bertz CT molecular complexity index is 720. The summed E-state index contributed by atoms with van der Waals surface area (Å²) >= 11 is 1.58. The van der Waals surface area contributed by atoms with Crippen LogP contribution in [0.2, 0.25) is 0 Å². The van der Waals surface area contributed by atoms with Crippen molar-refractivity contribution in [2.45, 2.75) is 6.42 Å². The Kier molecular flexibility index (Phi) is 3.58. The lowest BCUT2D eigenvalue weighted by molar-refractivity contribution is -0.117. The Morgan fingerprint density at radius 2 is 2.24 bits per heavy atom. The summed E-state index contributed by atoms with van der Waals surface area (Å²) in [5, 5.41) is 4.78. The van der Waals surface area contributed by atoms with Crippen molar-refractivity contribution in [3.8, 4) is 0 Å². The molecule has 1 aliphatic rings. The quantitative estimate of drug-likeness (QED) is 0.886. The predicted molar refractivity (Wildman–Crippen MR) is 85.5 cm³/mol. The van der Waals surface area contributed by atoms with Crippen LogP contribution in [-0.4, -0.2) is 18.9 Å². The molecule has 1 N–H and O–H groups in total. The molecular formula is C16H14N2O2S. The number of carbonyl (C=O) groups is 2. The lowest BCUT2D eigenvalue weighted by Crippen LogP contribution is -2.20. The van der Waals surface area contributed by atoms with E-state index in [4.69, 9.17) is 0 Å². The number of nitrogens with zero attached hydrogens (tertiary/aromatic N) is 1. The number of anilines is 2. The van der Waals surface area contributed by atoms with Crippen LogP contribution in [0.1, 0.15) is 10.4 Å². The van der Waals surface area contributed by atoms with E-state index < -0.39 is 0 Å². The van der Waals surface area contributed by atoms with Gasteiger partial charge in [-0.05, 0) is 41.3 Å². The molecule has 0 saturated heterocycles. The van der Waals surface area contributed by atoms with Crippen molar-refractivity contribution in [1.82, 2.24) is 0 Å². The van der Waals surface area contributed by atoms with Gasteiger partial charge in [0.2, 0.25) is 11.8 Å². The molecule has 0 atom stereocenters. The normalized spacial score (nSPS) is 13.8. The molecule has 0 fully saturated rings. The van der Waals surface area contributed by atoms with Gasteiger partial charge < -0.3 is 10.2 Å². The molecule has 1 aromatic carbocycles. The molecule has 106 valence electrons. The molecule has 1 aliphatic heterocycles. The minimum absolute atomic E-state index is 0.0751. The highest BCUT2D eigenvalue weighted by molar-refractivity contribution is 7.10. The summed E-state index contributed by atoms with van der Waals surface area (Å²) in [6.45, 7) is 0. The Balaban J connectivity index is 1.70. The SMILES string of the molecule is CN1C(=O)Cc2cc(NC(=O)/C=C/c3cccs3)ccc21. The number of hydrogen-bond donors (Lipinski definition) is 1. The minimum atomic E-state index is -0.180. The van der Waals surface area contributed by atoms with Crippen LogP contribution in [0.15, 0.2) is 41.8 Å². The molecule has 0 aliphatic carbocycles. The van der Waals surface area contributed by atoms with Gasteiger partial charge in [0.25, 0.3) is 0 Å². The zero-order chi connectivity index (χ0) is 14.8. The van der Waals surface area contributed by atoms with E-state index in [1.54, 1.807) is 29.4 Å². The summed E-state index contributed by atoms with van der Waals surface area (Å²) in [6.07, 6.45) is 3.68. The van der Waals surface area contributed by atoms with E-state index in [9.17, 15) is 9.59 Å². The second-order valence-electron chi connectivity index (χ2n) is 4.81. The van der Waals surface area contributed by atoms with Gasteiger partial charge in [-0.2, -0.15) is 0 Å². The minimum Gasteiger partial charge on any atom is -0.323 e. The fourth-order valence-electron chi connectivity index (χ4n) is 2.28.